The highest BCUT2D eigenvalue weighted by molar-refractivity contribution is 7.99. The zero-order valence-corrected chi connectivity index (χ0v) is 14.6. The van der Waals surface area contributed by atoms with Crippen molar-refractivity contribution in [3.8, 4) is 0 Å². The molecule has 0 spiro atoms. The minimum atomic E-state index is 0.545. The van der Waals surface area contributed by atoms with Crippen LogP contribution in [-0.2, 0) is 0 Å². The minimum absolute atomic E-state index is 0.545. The van der Waals surface area contributed by atoms with Crippen LogP contribution in [0.25, 0.3) is 0 Å². The maximum Gasteiger partial charge on any atom is 0.0158 e. The van der Waals surface area contributed by atoms with E-state index in [4.69, 9.17) is 0 Å². The molecule has 2 aliphatic rings. The average molecular weight is 299 g/mol. The topological polar surface area (TPSA) is 15.3 Å². The van der Waals surface area contributed by atoms with E-state index in [1.54, 1.807) is 0 Å². The Kier molecular flexibility index (Phi) is 6.70. The van der Waals surface area contributed by atoms with Crippen LogP contribution in [0, 0.1) is 11.3 Å². The van der Waals surface area contributed by atoms with Crippen molar-refractivity contribution >= 4 is 11.8 Å². The van der Waals surface area contributed by atoms with Gasteiger partial charge in [0, 0.05) is 37.2 Å². The molecule has 1 aliphatic carbocycles. The summed E-state index contributed by atoms with van der Waals surface area (Å²) < 4.78 is 0. The van der Waals surface area contributed by atoms with Crippen LogP contribution < -0.4 is 5.32 Å². The minimum Gasteiger partial charge on any atom is -0.316 e. The lowest BCUT2D eigenvalue weighted by atomic mass is 9.69. The number of hydrogen-bond donors (Lipinski definition) is 1. The van der Waals surface area contributed by atoms with Crippen molar-refractivity contribution in [3.05, 3.63) is 0 Å². The largest absolute Gasteiger partial charge is 0.316 e. The summed E-state index contributed by atoms with van der Waals surface area (Å²) in [7, 11) is 0. The van der Waals surface area contributed by atoms with Crippen molar-refractivity contribution in [1.29, 1.82) is 0 Å². The summed E-state index contributed by atoms with van der Waals surface area (Å²) >= 11 is 2.13. The van der Waals surface area contributed by atoms with E-state index in [0.29, 0.717) is 5.41 Å². The van der Waals surface area contributed by atoms with Crippen LogP contribution in [-0.4, -0.2) is 48.6 Å². The van der Waals surface area contributed by atoms with E-state index in [-0.39, 0.29) is 0 Å². The molecule has 0 radical (unpaired) electrons. The fourth-order valence-corrected chi connectivity index (χ4v) is 5.17. The normalized spacial score (nSPS) is 36.1. The van der Waals surface area contributed by atoms with Crippen molar-refractivity contribution in [2.45, 2.75) is 58.9 Å². The Morgan fingerprint density at radius 3 is 2.90 bits per heavy atom. The van der Waals surface area contributed by atoms with Gasteiger partial charge in [-0.05, 0) is 44.1 Å². The SMILES string of the molecule is CCCNCC1(CN2CCSCC2C)CCCC(C)C1. The number of thioether (sulfide) groups is 1. The standard InChI is InChI=1S/C17H34N2S/c1-4-8-18-13-17(7-5-6-15(2)11-17)14-19-9-10-20-12-16(19)3/h15-16,18H,4-14H2,1-3H3. The van der Waals surface area contributed by atoms with Gasteiger partial charge in [-0.25, -0.2) is 0 Å². The van der Waals surface area contributed by atoms with E-state index in [1.165, 1.54) is 69.8 Å². The van der Waals surface area contributed by atoms with Gasteiger partial charge in [-0.2, -0.15) is 11.8 Å². The summed E-state index contributed by atoms with van der Waals surface area (Å²) in [6, 6.07) is 0.772. The summed E-state index contributed by atoms with van der Waals surface area (Å²) in [5, 5.41) is 3.74. The zero-order valence-electron chi connectivity index (χ0n) is 13.8. The van der Waals surface area contributed by atoms with Gasteiger partial charge in [0.2, 0.25) is 0 Å². The van der Waals surface area contributed by atoms with E-state index in [9.17, 15) is 0 Å². The first-order valence-electron chi connectivity index (χ1n) is 8.68. The number of rotatable bonds is 6. The average Bonchev–Trinajstić information content (AvgIpc) is 2.42. The molecule has 3 heteroatoms. The molecular formula is C17H34N2S. The third kappa shape index (κ3) is 4.64. The van der Waals surface area contributed by atoms with Crippen molar-refractivity contribution < 1.29 is 0 Å². The molecule has 2 fully saturated rings. The summed E-state index contributed by atoms with van der Waals surface area (Å²) in [4.78, 5) is 2.78. The van der Waals surface area contributed by atoms with E-state index in [2.05, 4.69) is 42.7 Å². The van der Waals surface area contributed by atoms with Crippen molar-refractivity contribution in [1.82, 2.24) is 10.2 Å². The molecule has 2 nitrogen and oxygen atoms in total. The molecule has 1 saturated heterocycles. The molecule has 3 atom stereocenters. The second-order valence-electron chi connectivity index (χ2n) is 7.27. The van der Waals surface area contributed by atoms with Crippen LogP contribution in [0.3, 0.4) is 0 Å². The molecule has 0 aromatic heterocycles. The van der Waals surface area contributed by atoms with Crippen molar-refractivity contribution in [3.63, 3.8) is 0 Å². The number of hydrogen-bond acceptors (Lipinski definition) is 3. The Bertz CT molecular complexity index is 284. The number of nitrogens with zero attached hydrogens (tertiary/aromatic N) is 1. The van der Waals surface area contributed by atoms with Gasteiger partial charge in [0.05, 0.1) is 0 Å². The maximum atomic E-state index is 3.74. The van der Waals surface area contributed by atoms with Crippen LogP contribution in [0.5, 0.6) is 0 Å². The third-order valence-corrected chi connectivity index (χ3v) is 6.35. The monoisotopic (exact) mass is 298 g/mol. The molecule has 0 aromatic carbocycles. The van der Waals surface area contributed by atoms with Gasteiger partial charge in [0.15, 0.2) is 0 Å². The molecule has 1 saturated carbocycles. The van der Waals surface area contributed by atoms with E-state index < -0.39 is 0 Å². The first-order valence-corrected chi connectivity index (χ1v) is 9.83. The predicted molar refractivity (Wildman–Crippen MR) is 91.6 cm³/mol. The third-order valence-electron chi connectivity index (χ3n) is 5.16. The van der Waals surface area contributed by atoms with Gasteiger partial charge in [-0.1, -0.05) is 26.7 Å². The summed E-state index contributed by atoms with van der Waals surface area (Å²) in [5.41, 5.74) is 0.545. The summed E-state index contributed by atoms with van der Waals surface area (Å²) in [5.74, 6) is 3.58. The highest BCUT2D eigenvalue weighted by atomic mass is 32.2. The van der Waals surface area contributed by atoms with Crippen molar-refractivity contribution in [2.24, 2.45) is 11.3 Å². The Morgan fingerprint density at radius 2 is 2.20 bits per heavy atom. The van der Waals surface area contributed by atoms with Gasteiger partial charge in [-0.3, -0.25) is 4.90 Å². The van der Waals surface area contributed by atoms with Crippen LogP contribution in [0.4, 0.5) is 0 Å². The fourth-order valence-electron chi connectivity index (χ4n) is 4.09. The quantitative estimate of drug-likeness (QED) is 0.754. The Hall–Kier alpha value is 0.270. The van der Waals surface area contributed by atoms with E-state index in [0.717, 1.165) is 12.0 Å². The molecular weight excluding hydrogens is 264 g/mol. The van der Waals surface area contributed by atoms with Crippen LogP contribution in [0.1, 0.15) is 52.9 Å². The second-order valence-corrected chi connectivity index (χ2v) is 8.42. The van der Waals surface area contributed by atoms with Gasteiger partial charge < -0.3 is 5.32 Å². The van der Waals surface area contributed by atoms with Crippen LogP contribution in [0.2, 0.25) is 0 Å². The van der Waals surface area contributed by atoms with Gasteiger partial charge >= 0.3 is 0 Å². The second kappa shape index (κ2) is 8.05. The van der Waals surface area contributed by atoms with Gasteiger partial charge in [-0.15, -0.1) is 0 Å². The molecule has 0 bridgehead atoms. The molecule has 1 N–H and O–H groups in total. The maximum absolute atomic E-state index is 3.74. The molecule has 1 heterocycles. The lowest BCUT2D eigenvalue weighted by Gasteiger charge is -2.46. The predicted octanol–water partition coefficient (Wildman–Crippen LogP) is 3.62. The highest BCUT2D eigenvalue weighted by Gasteiger charge is 2.37. The Balaban J connectivity index is 1.97. The summed E-state index contributed by atoms with van der Waals surface area (Å²) in [6.45, 7) is 12.2. The first-order chi connectivity index (χ1) is 9.65. The molecule has 0 amide bonds. The van der Waals surface area contributed by atoms with Gasteiger partial charge in [0.25, 0.3) is 0 Å². The molecule has 118 valence electrons. The van der Waals surface area contributed by atoms with E-state index in [1.807, 2.05) is 0 Å². The lowest BCUT2D eigenvalue weighted by molar-refractivity contribution is 0.0678. The van der Waals surface area contributed by atoms with Crippen LogP contribution >= 0.6 is 11.8 Å². The number of nitrogens with one attached hydrogen (secondary N) is 1. The molecule has 20 heavy (non-hydrogen) atoms. The lowest BCUT2D eigenvalue weighted by Crippen LogP contribution is -2.51. The van der Waals surface area contributed by atoms with E-state index >= 15 is 0 Å². The molecule has 3 unspecified atom stereocenters. The Labute approximate surface area is 130 Å². The molecule has 2 rings (SSSR count). The molecule has 1 aliphatic heterocycles. The first kappa shape index (κ1) is 16.6. The fraction of sp³-hybridized carbons (Fsp3) is 1.00. The van der Waals surface area contributed by atoms with Crippen molar-refractivity contribution in [2.75, 3.05) is 37.7 Å². The van der Waals surface area contributed by atoms with Gasteiger partial charge in [0.1, 0.15) is 0 Å². The summed E-state index contributed by atoms with van der Waals surface area (Å²) in [6.07, 6.45) is 7.00. The van der Waals surface area contributed by atoms with Crippen LogP contribution in [0.15, 0.2) is 0 Å². The highest BCUT2D eigenvalue weighted by Crippen LogP contribution is 2.40. The molecule has 0 aromatic rings. The Morgan fingerprint density at radius 1 is 1.35 bits per heavy atom. The zero-order chi connectivity index (χ0) is 14.4. The smallest absolute Gasteiger partial charge is 0.0158 e.